The van der Waals surface area contributed by atoms with Crippen molar-refractivity contribution in [1.29, 1.82) is 0 Å². The summed E-state index contributed by atoms with van der Waals surface area (Å²) >= 11 is 0. The number of halogens is 3. The van der Waals surface area contributed by atoms with E-state index in [0.717, 1.165) is 0 Å². The van der Waals surface area contributed by atoms with Crippen LogP contribution in [0.4, 0.5) is 13.2 Å². The van der Waals surface area contributed by atoms with Crippen LogP contribution in [-0.2, 0) is 6.18 Å². The van der Waals surface area contributed by atoms with Crippen LogP contribution in [0.15, 0.2) is 6.20 Å². The van der Waals surface area contributed by atoms with E-state index in [-0.39, 0.29) is 11.6 Å². The van der Waals surface area contributed by atoms with Gasteiger partial charge in [-0.15, -0.1) is 0 Å². The molecule has 0 atom stereocenters. The van der Waals surface area contributed by atoms with Crippen molar-refractivity contribution in [2.75, 3.05) is 0 Å². The third-order valence-electron chi connectivity index (χ3n) is 2.65. The van der Waals surface area contributed by atoms with Gasteiger partial charge in [0.2, 0.25) is 0 Å². The Labute approximate surface area is 84.5 Å². The topological polar surface area (TPSA) is 38.0 Å². The van der Waals surface area contributed by atoms with Crippen molar-refractivity contribution in [3.63, 3.8) is 0 Å². The Kier molecular flexibility index (Phi) is 2.26. The maximum Gasteiger partial charge on any atom is 0.435 e. The zero-order valence-electron chi connectivity index (χ0n) is 8.12. The van der Waals surface area contributed by atoms with Gasteiger partial charge in [-0.1, -0.05) is 0 Å². The molecule has 0 bridgehead atoms. The van der Waals surface area contributed by atoms with Crippen molar-refractivity contribution in [2.24, 2.45) is 0 Å². The Bertz CT molecular complexity index is 366. The lowest BCUT2D eigenvalue weighted by molar-refractivity contribution is -0.142. The second-order valence-corrected chi connectivity index (χ2v) is 3.92. The van der Waals surface area contributed by atoms with Crippen molar-refractivity contribution in [3.05, 3.63) is 17.5 Å². The lowest BCUT2D eigenvalue weighted by Crippen LogP contribution is -2.31. The fraction of sp³-hybridized carbons (Fsp3) is 0.667. The summed E-state index contributed by atoms with van der Waals surface area (Å²) in [5.41, 5.74) is -0.701. The van der Waals surface area contributed by atoms with E-state index in [0.29, 0.717) is 12.8 Å². The first kappa shape index (κ1) is 10.5. The average molecular weight is 220 g/mol. The van der Waals surface area contributed by atoms with E-state index in [1.165, 1.54) is 17.8 Å². The van der Waals surface area contributed by atoms with E-state index >= 15 is 0 Å². The van der Waals surface area contributed by atoms with Gasteiger partial charge in [-0.05, 0) is 25.3 Å². The Morgan fingerprint density at radius 2 is 2.07 bits per heavy atom. The molecular formula is C9H11F3N2O. The van der Waals surface area contributed by atoms with E-state index < -0.39 is 18.0 Å². The van der Waals surface area contributed by atoms with Crippen LogP contribution in [-0.4, -0.2) is 21.0 Å². The number of rotatable bonds is 1. The van der Waals surface area contributed by atoms with Gasteiger partial charge in [0.05, 0.1) is 12.1 Å². The van der Waals surface area contributed by atoms with Gasteiger partial charge in [-0.2, -0.15) is 18.3 Å². The second-order valence-electron chi connectivity index (χ2n) is 3.92. The number of aliphatic hydroxyl groups excluding tert-OH is 1. The SMILES string of the molecule is Cc1cn(C2CC(O)C2)nc1C(F)(F)F. The molecule has 6 heteroatoms. The molecule has 0 unspecified atom stereocenters. The van der Waals surface area contributed by atoms with Crippen molar-refractivity contribution in [2.45, 2.75) is 38.1 Å². The first-order valence-corrected chi connectivity index (χ1v) is 4.69. The molecule has 1 aromatic rings. The molecule has 15 heavy (non-hydrogen) atoms. The highest BCUT2D eigenvalue weighted by molar-refractivity contribution is 5.18. The van der Waals surface area contributed by atoms with Crippen LogP contribution in [0.3, 0.4) is 0 Å². The van der Waals surface area contributed by atoms with E-state index in [4.69, 9.17) is 5.11 Å². The van der Waals surface area contributed by atoms with Gasteiger partial charge >= 0.3 is 6.18 Å². The van der Waals surface area contributed by atoms with Gasteiger partial charge in [0.25, 0.3) is 0 Å². The smallest absolute Gasteiger partial charge is 0.393 e. The Hall–Kier alpha value is -1.04. The zero-order chi connectivity index (χ0) is 11.2. The number of hydrogen-bond donors (Lipinski definition) is 1. The van der Waals surface area contributed by atoms with Gasteiger partial charge in [-0.3, -0.25) is 4.68 Å². The molecule has 1 fully saturated rings. The number of alkyl halides is 3. The normalized spacial score (nSPS) is 26.5. The fourth-order valence-corrected chi connectivity index (χ4v) is 1.73. The predicted molar refractivity (Wildman–Crippen MR) is 46.2 cm³/mol. The summed E-state index contributed by atoms with van der Waals surface area (Å²) < 4.78 is 38.5. The molecule has 1 heterocycles. The molecule has 84 valence electrons. The maximum absolute atomic E-state index is 12.4. The highest BCUT2D eigenvalue weighted by atomic mass is 19.4. The predicted octanol–water partition coefficient (Wildman–Crippen LogP) is 1.91. The number of hydrogen-bond acceptors (Lipinski definition) is 2. The molecule has 2 rings (SSSR count). The minimum Gasteiger partial charge on any atom is -0.393 e. The molecule has 1 aliphatic rings. The lowest BCUT2D eigenvalue weighted by atomic mass is 9.90. The van der Waals surface area contributed by atoms with Gasteiger partial charge in [0.1, 0.15) is 0 Å². The summed E-state index contributed by atoms with van der Waals surface area (Å²) in [7, 11) is 0. The minimum absolute atomic E-state index is 0.0881. The average Bonchev–Trinajstić information content (AvgIpc) is 2.40. The molecule has 0 saturated heterocycles. The molecule has 0 aliphatic heterocycles. The van der Waals surface area contributed by atoms with Gasteiger partial charge in [-0.25, -0.2) is 0 Å². The fourth-order valence-electron chi connectivity index (χ4n) is 1.73. The summed E-state index contributed by atoms with van der Waals surface area (Å²) in [5.74, 6) is 0. The van der Waals surface area contributed by atoms with Crippen LogP contribution in [0.1, 0.15) is 30.1 Å². The largest absolute Gasteiger partial charge is 0.435 e. The van der Waals surface area contributed by atoms with Crippen LogP contribution >= 0.6 is 0 Å². The molecule has 1 saturated carbocycles. The molecule has 1 aromatic heterocycles. The first-order chi connectivity index (χ1) is 6.88. The maximum atomic E-state index is 12.4. The highest BCUT2D eigenvalue weighted by Gasteiger charge is 2.38. The summed E-state index contributed by atoms with van der Waals surface area (Å²) in [6, 6.07) is -0.0881. The Morgan fingerprint density at radius 1 is 1.47 bits per heavy atom. The Balaban J connectivity index is 2.22. The summed E-state index contributed by atoms with van der Waals surface area (Å²) in [6.45, 7) is 1.39. The van der Waals surface area contributed by atoms with Gasteiger partial charge in [0.15, 0.2) is 5.69 Å². The number of nitrogens with zero attached hydrogens (tertiary/aromatic N) is 2. The molecule has 3 nitrogen and oxygen atoms in total. The summed E-state index contributed by atoms with van der Waals surface area (Å²) in [4.78, 5) is 0. The van der Waals surface area contributed by atoms with Crippen LogP contribution < -0.4 is 0 Å². The summed E-state index contributed by atoms with van der Waals surface area (Å²) in [5, 5.41) is 12.6. The summed E-state index contributed by atoms with van der Waals surface area (Å²) in [6.07, 6.45) is -2.43. The van der Waals surface area contributed by atoms with E-state index in [1.54, 1.807) is 0 Å². The van der Waals surface area contributed by atoms with Crippen molar-refractivity contribution in [1.82, 2.24) is 9.78 Å². The first-order valence-electron chi connectivity index (χ1n) is 4.69. The molecule has 1 aliphatic carbocycles. The zero-order valence-corrected chi connectivity index (χ0v) is 8.12. The minimum atomic E-state index is -4.39. The number of aromatic nitrogens is 2. The van der Waals surface area contributed by atoms with Gasteiger partial charge < -0.3 is 5.11 Å². The standard InChI is InChI=1S/C9H11F3N2O/c1-5-4-14(6-2-7(15)3-6)13-8(5)9(10,11)12/h4,6-7,15H,2-3H2,1H3. The third-order valence-corrected chi connectivity index (χ3v) is 2.65. The van der Waals surface area contributed by atoms with E-state index in [9.17, 15) is 13.2 Å². The van der Waals surface area contributed by atoms with E-state index in [2.05, 4.69) is 5.10 Å². The molecule has 1 N–H and O–H groups in total. The van der Waals surface area contributed by atoms with E-state index in [1.807, 2.05) is 0 Å². The molecular weight excluding hydrogens is 209 g/mol. The van der Waals surface area contributed by atoms with Gasteiger partial charge in [0, 0.05) is 6.20 Å². The molecule has 0 amide bonds. The monoisotopic (exact) mass is 220 g/mol. The second kappa shape index (κ2) is 3.23. The van der Waals surface area contributed by atoms with Crippen LogP contribution in [0.5, 0.6) is 0 Å². The Morgan fingerprint density at radius 3 is 2.47 bits per heavy atom. The number of aliphatic hydroxyl groups is 1. The molecule has 0 radical (unpaired) electrons. The van der Waals surface area contributed by atoms with Crippen molar-refractivity contribution in [3.8, 4) is 0 Å². The van der Waals surface area contributed by atoms with Crippen molar-refractivity contribution < 1.29 is 18.3 Å². The lowest BCUT2D eigenvalue weighted by Gasteiger charge is -2.31. The number of aryl methyl sites for hydroxylation is 1. The van der Waals surface area contributed by atoms with Crippen molar-refractivity contribution >= 4 is 0 Å². The van der Waals surface area contributed by atoms with Crippen LogP contribution in [0, 0.1) is 6.92 Å². The molecule has 0 aromatic carbocycles. The molecule has 0 spiro atoms. The van der Waals surface area contributed by atoms with Crippen LogP contribution in [0.2, 0.25) is 0 Å². The third kappa shape index (κ3) is 1.86. The van der Waals surface area contributed by atoms with Crippen LogP contribution in [0.25, 0.3) is 0 Å². The quantitative estimate of drug-likeness (QED) is 0.785. The highest BCUT2D eigenvalue weighted by Crippen LogP contribution is 2.35.